The maximum Gasteiger partial charge on any atom is 0.273 e. The summed E-state index contributed by atoms with van der Waals surface area (Å²) < 4.78 is 5.04. The third-order valence-electron chi connectivity index (χ3n) is 0.853. The van der Waals surface area contributed by atoms with Crippen LogP contribution in [0.2, 0.25) is 0 Å². The second kappa shape index (κ2) is 5.55. The molecule has 0 amide bonds. The highest BCUT2D eigenvalue weighted by Gasteiger charge is 1.91. The fourth-order valence-electron chi connectivity index (χ4n) is 0.519. The van der Waals surface area contributed by atoms with Crippen LogP contribution in [0.15, 0.2) is 10.6 Å². The average Bonchev–Trinajstić information content (AvgIpc) is 2.41. The van der Waals surface area contributed by atoms with E-state index in [0.717, 1.165) is 5.76 Å². The number of aromatic nitrogens is 1. The van der Waals surface area contributed by atoms with Gasteiger partial charge < -0.3 is 4.42 Å². The first-order valence-corrected chi connectivity index (χ1v) is 3.68. The third kappa shape index (κ3) is 3.47. The van der Waals surface area contributed by atoms with E-state index in [-0.39, 0.29) is 0 Å². The van der Waals surface area contributed by atoms with Crippen molar-refractivity contribution >= 4 is 0 Å². The van der Waals surface area contributed by atoms with Gasteiger partial charge in [0.15, 0.2) is 0 Å². The van der Waals surface area contributed by atoms with Gasteiger partial charge in [0.1, 0.15) is 5.76 Å². The quantitative estimate of drug-likeness (QED) is 0.532. The van der Waals surface area contributed by atoms with Crippen LogP contribution in [0.1, 0.15) is 32.4 Å². The molecule has 0 spiro atoms. The molecule has 0 saturated carbocycles. The van der Waals surface area contributed by atoms with Crippen LogP contribution in [-0.4, -0.2) is 4.98 Å². The first kappa shape index (κ1) is 9.77. The van der Waals surface area contributed by atoms with Gasteiger partial charge >= 0.3 is 0 Å². The zero-order valence-electron chi connectivity index (χ0n) is 7.43. The van der Waals surface area contributed by atoms with Crippen molar-refractivity contribution in [2.75, 3.05) is 0 Å². The molecule has 2 heteroatoms. The first-order chi connectivity index (χ1) is 5.33. The molecule has 1 heterocycles. The summed E-state index contributed by atoms with van der Waals surface area (Å²) in [6, 6.07) is 0. The number of nitrogens with zero attached hydrogens (tertiary/aromatic N) is 1. The van der Waals surface area contributed by atoms with Gasteiger partial charge in [0.05, 0.1) is 6.20 Å². The summed E-state index contributed by atoms with van der Waals surface area (Å²) in [6.45, 7) is 7.59. The average molecular weight is 151 g/mol. The van der Waals surface area contributed by atoms with E-state index in [2.05, 4.69) is 16.8 Å². The Kier molecular flexibility index (Phi) is 4.93. The molecule has 0 saturated heterocycles. The van der Waals surface area contributed by atoms with Crippen LogP contribution >= 0.6 is 0 Å². The first-order valence-electron chi connectivity index (χ1n) is 3.68. The van der Waals surface area contributed by atoms with Gasteiger partial charge in [-0.1, -0.05) is 19.8 Å². The smallest absolute Gasteiger partial charge is 0.273 e. The van der Waals surface area contributed by atoms with Crippen molar-refractivity contribution in [1.29, 1.82) is 0 Å². The van der Waals surface area contributed by atoms with Crippen molar-refractivity contribution in [3.63, 3.8) is 0 Å². The molecule has 0 radical (unpaired) electrons. The summed E-state index contributed by atoms with van der Waals surface area (Å²) in [7, 11) is 0. The SMILES string of the molecule is CC.CC#Cc1ncc(C)o1. The van der Waals surface area contributed by atoms with Crippen LogP contribution in [0.25, 0.3) is 0 Å². The van der Waals surface area contributed by atoms with Gasteiger partial charge in [0.25, 0.3) is 5.89 Å². The van der Waals surface area contributed by atoms with Crippen molar-refractivity contribution in [3.05, 3.63) is 17.8 Å². The normalized spacial score (nSPS) is 7.27. The van der Waals surface area contributed by atoms with E-state index in [4.69, 9.17) is 4.42 Å². The summed E-state index contributed by atoms with van der Waals surface area (Å²) >= 11 is 0. The Morgan fingerprint density at radius 3 is 2.45 bits per heavy atom. The van der Waals surface area contributed by atoms with Gasteiger partial charge in [-0.2, -0.15) is 0 Å². The second-order valence-corrected chi connectivity index (χ2v) is 1.65. The second-order valence-electron chi connectivity index (χ2n) is 1.65. The molecular weight excluding hydrogens is 138 g/mol. The van der Waals surface area contributed by atoms with Gasteiger partial charge in [-0.3, -0.25) is 0 Å². The minimum Gasteiger partial charge on any atom is -0.435 e. The van der Waals surface area contributed by atoms with E-state index in [0.29, 0.717) is 5.89 Å². The Bertz CT molecular complexity index is 252. The van der Waals surface area contributed by atoms with E-state index in [1.807, 2.05) is 20.8 Å². The Morgan fingerprint density at radius 2 is 2.09 bits per heavy atom. The van der Waals surface area contributed by atoms with E-state index in [9.17, 15) is 0 Å². The van der Waals surface area contributed by atoms with Gasteiger partial charge in [-0.25, -0.2) is 4.98 Å². The molecule has 0 atom stereocenters. The van der Waals surface area contributed by atoms with Gasteiger partial charge in [-0.15, -0.1) is 0 Å². The molecule has 0 aliphatic carbocycles. The monoisotopic (exact) mass is 151 g/mol. The lowest BCUT2D eigenvalue weighted by Crippen LogP contribution is -1.66. The van der Waals surface area contributed by atoms with E-state index >= 15 is 0 Å². The summed E-state index contributed by atoms with van der Waals surface area (Å²) in [5, 5.41) is 0. The third-order valence-corrected chi connectivity index (χ3v) is 0.853. The topological polar surface area (TPSA) is 26.0 Å². The van der Waals surface area contributed by atoms with Crippen LogP contribution < -0.4 is 0 Å². The van der Waals surface area contributed by atoms with Gasteiger partial charge in [-0.05, 0) is 19.8 Å². The fraction of sp³-hybridized carbons (Fsp3) is 0.444. The lowest BCUT2D eigenvalue weighted by molar-refractivity contribution is 0.514. The molecular formula is C9H13NO. The lowest BCUT2D eigenvalue weighted by atomic mass is 10.6. The summed E-state index contributed by atoms with van der Waals surface area (Å²) in [4.78, 5) is 3.87. The molecule has 0 bridgehead atoms. The molecule has 1 rings (SSSR count). The number of aryl methyl sites for hydroxylation is 1. The highest BCUT2D eigenvalue weighted by atomic mass is 16.3. The molecule has 60 valence electrons. The summed E-state index contributed by atoms with van der Waals surface area (Å²) in [5.41, 5.74) is 0. The number of oxazole rings is 1. The molecule has 0 fully saturated rings. The Morgan fingerprint density at radius 1 is 1.45 bits per heavy atom. The van der Waals surface area contributed by atoms with E-state index in [1.54, 1.807) is 13.1 Å². The Balaban J connectivity index is 0.000000461. The number of rotatable bonds is 0. The molecule has 0 unspecified atom stereocenters. The van der Waals surface area contributed by atoms with Crippen molar-refractivity contribution in [3.8, 4) is 11.8 Å². The number of hydrogen-bond acceptors (Lipinski definition) is 2. The van der Waals surface area contributed by atoms with E-state index < -0.39 is 0 Å². The van der Waals surface area contributed by atoms with Gasteiger partial charge in [0.2, 0.25) is 0 Å². The maximum atomic E-state index is 5.04. The standard InChI is InChI=1S/C7H7NO.C2H6/c1-3-4-7-8-5-6(2)9-7;1-2/h5H,1-2H3;1-2H3. The highest BCUT2D eigenvalue weighted by Crippen LogP contribution is 1.98. The number of hydrogen-bond donors (Lipinski definition) is 0. The largest absolute Gasteiger partial charge is 0.435 e. The fourth-order valence-corrected chi connectivity index (χ4v) is 0.519. The van der Waals surface area contributed by atoms with Crippen molar-refractivity contribution in [1.82, 2.24) is 4.98 Å². The van der Waals surface area contributed by atoms with Crippen LogP contribution in [0.3, 0.4) is 0 Å². The van der Waals surface area contributed by atoms with Crippen molar-refractivity contribution in [2.24, 2.45) is 0 Å². The van der Waals surface area contributed by atoms with Crippen molar-refractivity contribution < 1.29 is 4.42 Å². The molecule has 0 N–H and O–H groups in total. The van der Waals surface area contributed by atoms with Crippen LogP contribution in [0.4, 0.5) is 0 Å². The lowest BCUT2D eigenvalue weighted by Gasteiger charge is -1.74. The van der Waals surface area contributed by atoms with Crippen molar-refractivity contribution in [2.45, 2.75) is 27.7 Å². The zero-order chi connectivity index (χ0) is 8.69. The van der Waals surface area contributed by atoms with Gasteiger partial charge in [0, 0.05) is 0 Å². The van der Waals surface area contributed by atoms with E-state index in [1.165, 1.54) is 0 Å². The Labute approximate surface area is 67.6 Å². The zero-order valence-corrected chi connectivity index (χ0v) is 7.43. The van der Waals surface area contributed by atoms with Crippen LogP contribution in [0, 0.1) is 18.8 Å². The highest BCUT2D eigenvalue weighted by molar-refractivity contribution is 5.16. The predicted octanol–water partition coefficient (Wildman–Crippen LogP) is 2.38. The predicted molar refractivity (Wildman–Crippen MR) is 45.1 cm³/mol. The molecule has 0 aromatic carbocycles. The minimum atomic E-state index is 0.495. The molecule has 11 heavy (non-hydrogen) atoms. The van der Waals surface area contributed by atoms with Crippen LogP contribution in [0.5, 0.6) is 0 Å². The Hall–Kier alpha value is -1.23. The molecule has 1 aromatic heterocycles. The molecule has 0 aliphatic rings. The summed E-state index contributed by atoms with van der Waals surface area (Å²) in [6.07, 6.45) is 1.65. The maximum absolute atomic E-state index is 5.04. The molecule has 0 aliphatic heterocycles. The van der Waals surface area contributed by atoms with Crippen LogP contribution in [-0.2, 0) is 0 Å². The molecule has 1 aromatic rings. The molecule has 2 nitrogen and oxygen atoms in total. The minimum absolute atomic E-state index is 0.495. The summed E-state index contributed by atoms with van der Waals surface area (Å²) in [5.74, 6) is 6.69.